The molecule has 0 spiro atoms. The lowest BCUT2D eigenvalue weighted by Gasteiger charge is -2.16. The summed E-state index contributed by atoms with van der Waals surface area (Å²) in [4.78, 5) is 11.6. The summed E-state index contributed by atoms with van der Waals surface area (Å²) in [5.74, 6) is 0.590. The Labute approximate surface area is 97.2 Å². The normalized spacial score (nSPS) is 12.2. The number of nitrogens with one attached hydrogen (secondary N) is 2. The lowest BCUT2D eigenvalue weighted by atomic mass is 10.1. The Balaban J connectivity index is 2.36. The van der Waals surface area contributed by atoms with Crippen molar-refractivity contribution in [1.82, 2.24) is 5.32 Å². The maximum absolute atomic E-state index is 11.6. The fourth-order valence-electron chi connectivity index (χ4n) is 1.68. The van der Waals surface area contributed by atoms with Crippen LogP contribution in [0.25, 0.3) is 0 Å². The average molecular weight is 220 g/mol. The average Bonchev–Trinajstić information content (AvgIpc) is 2.17. The second-order valence-corrected chi connectivity index (χ2v) is 4.50. The molecule has 3 heteroatoms. The van der Waals surface area contributed by atoms with Crippen LogP contribution < -0.4 is 10.6 Å². The van der Waals surface area contributed by atoms with Crippen molar-refractivity contribution in [2.24, 2.45) is 5.92 Å². The Morgan fingerprint density at radius 1 is 1.19 bits per heavy atom. The van der Waals surface area contributed by atoms with Crippen molar-refractivity contribution >= 4 is 11.7 Å². The fourth-order valence-corrected chi connectivity index (χ4v) is 1.68. The van der Waals surface area contributed by atoms with Crippen LogP contribution in [0.15, 0.2) is 30.3 Å². The van der Waals surface area contributed by atoms with Gasteiger partial charge in [0.15, 0.2) is 0 Å². The number of carbonyl (C=O) groups excluding carboxylic acids is 1. The quantitative estimate of drug-likeness (QED) is 0.803. The number of urea groups is 1. The molecule has 1 aromatic rings. The van der Waals surface area contributed by atoms with Gasteiger partial charge in [0.2, 0.25) is 0 Å². The van der Waals surface area contributed by atoms with Gasteiger partial charge in [-0.15, -0.1) is 0 Å². The molecule has 0 fully saturated rings. The van der Waals surface area contributed by atoms with E-state index in [-0.39, 0.29) is 12.1 Å². The van der Waals surface area contributed by atoms with Crippen molar-refractivity contribution in [3.05, 3.63) is 30.3 Å². The van der Waals surface area contributed by atoms with Crippen LogP contribution in [0, 0.1) is 5.92 Å². The third kappa shape index (κ3) is 4.82. The molecule has 0 aromatic heterocycles. The lowest BCUT2D eigenvalue weighted by molar-refractivity contribution is 0.247. The highest BCUT2D eigenvalue weighted by Crippen LogP contribution is 2.06. The molecule has 16 heavy (non-hydrogen) atoms. The number of carbonyl (C=O) groups is 1. The minimum atomic E-state index is -0.139. The van der Waals surface area contributed by atoms with Gasteiger partial charge in [-0.2, -0.15) is 0 Å². The number of amides is 2. The molecule has 0 unspecified atom stereocenters. The van der Waals surface area contributed by atoms with Gasteiger partial charge in [-0.25, -0.2) is 4.79 Å². The van der Waals surface area contributed by atoms with E-state index in [9.17, 15) is 4.79 Å². The van der Waals surface area contributed by atoms with Crippen LogP contribution in [0.1, 0.15) is 27.2 Å². The monoisotopic (exact) mass is 220 g/mol. The zero-order valence-electron chi connectivity index (χ0n) is 10.2. The fraction of sp³-hybridized carbons (Fsp3) is 0.462. The summed E-state index contributed by atoms with van der Waals surface area (Å²) in [5, 5.41) is 5.71. The zero-order valence-corrected chi connectivity index (χ0v) is 10.2. The van der Waals surface area contributed by atoms with Crippen LogP contribution in [0.2, 0.25) is 0 Å². The van der Waals surface area contributed by atoms with E-state index in [1.165, 1.54) is 0 Å². The van der Waals surface area contributed by atoms with Gasteiger partial charge < -0.3 is 10.6 Å². The Morgan fingerprint density at radius 2 is 1.81 bits per heavy atom. The highest BCUT2D eigenvalue weighted by molar-refractivity contribution is 5.89. The molecule has 0 heterocycles. The summed E-state index contributed by atoms with van der Waals surface area (Å²) in [7, 11) is 0. The topological polar surface area (TPSA) is 41.1 Å². The smallest absolute Gasteiger partial charge is 0.319 e. The lowest BCUT2D eigenvalue weighted by Crippen LogP contribution is -2.36. The van der Waals surface area contributed by atoms with Crippen molar-refractivity contribution in [1.29, 1.82) is 0 Å². The first-order valence-corrected chi connectivity index (χ1v) is 5.70. The molecule has 1 aromatic carbocycles. The molecule has 3 nitrogen and oxygen atoms in total. The van der Waals surface area contributed by atoms with Gasteiger partial charge in [0.05, 0.1) is 0 Å². The first kappa shape index (κ1) is 12.6. The standard InChI is InChI=1S/C13H20N2O/c1-10(2)9-11(3)14-13(16)15-12-7-5-4-6-8-12/h4-8,10-11H,9H2,1-3H3,(H2,14,15,16)/t11-/m1/s1. The number of benzene rings is 1. The highest BCUT2D eigenvalue weighted by atomic mass is 16.2. The number of rotatable bonds is 4. The maximum Gasteiger partial charge on any atom is 0.319 e. The second kappa shape index (κ2) is 6.16. The molecule has 0 bridgehead atoms. The molecule has 2 N–H and O–H groups in total. The van der Waals surface area contributed by atoms with Gasteiger partial charge in [0.1, 0.15) is 0 Å². The molecular weight excluding hydrogens is 200 g/mol. The minimum Gasteiger partial charge on any atom is -0.335 e. The summed E-state index contributed by atoms with van der Waals surface area (Å²) in [5.41, 5.74) is 0.816. The molecule has 0 aliphatic heterocycles. The van der Waals surface area contributed by atoms with Crippen molar-refractivity contribution < 1.29 is 4.79 Å². The third-order valence-electron chi connectivity index (χ3n) is 2.23. The van der Waals surface area contributed by atoms with E-state index >= 15 is 0 Å². The molecule has 2 amide bonds. The molecule has 1 atom stereocenters. The van der Waals surface area contributed by atoms with Crippen LogP contribution in [-0.2, 0) is 0 Å². The third-order valence-corrected chi connectivity index (χ3v) is 2.23. The molecule has 0 saturated carbocycles. The number of anilines is 1. The molecular formula is C13H20N2O. The van der Waals surface area contributed by atoms with Crippen LogP contribution >= 0.6 is 0 Å². The summed E-state index contributed by atoms with van der Waals surface area (Å²) < 4.78 is 0. The van der Waals surface area contributed by atoms with Crippen LogP contribution in [0.4, 0.5) is 10.5 Å². The van der Waals surface area contributed by atoms with Crippen LogP contribution in [0.3, 0.4) is 0 Å². The van der Waals surface area contributed by atoms with Crippen molar-refractivity contribution in [2.45, 2.75) is 33.2 Å². The first-order valence-electron chi connectivity index (χ1n) is 5.70. The van der Waals surface area contributed by atoms with Crippen LogP contribution in [-0.4, -0.2) is 12.1 Å². The van der Waals surface area contributed by atoms with Gasteiger partial charge in [-0.3, -0.25) is 0 Å². The zero-order chi connectivity index (χ0) is 12.0. The predicted molar refractivity (Wildman–Crippen MR) is 67.5 cm³/mol. The number of hydrogen-bond donors (Lipinski definition) is 2. The predicted octanol–water partition coefficient (Wildman–Crippen LogP) is 3.24. The van der Waals surface area contributed by atoms with E-state index in [4.69, 9.17) is 0 Å². The SMILES string of the molecule is CC(C)C[C@@H](C)NC(=O)Nc1ccccc1. The van der Waals surface area contributed by atoms with Crippen molar-refractivity contribution in [3.63, 3.8) is 0 Å². The molecule has 1 rings (SSSR count). The summed E-state index contributed by atoms with van der Waals surface area (Å²) >= 11 is 0. The van der Waals surface area contributed by atoms with Gasteiger partial charge in [0.25, 0.3) is 0 Å². The Hall–Kier alpha value is -1.51. The van der Waals surface area contributed by atoms with Gasteiger partial charge in [-0.05, 0) is 31.4 Å². The molecule has 0 aliphatic rings. The number of hydrogen-bond acceptors (Lipinski definition) is 1. The van der Waals surface area contributed by atoms with Gasteiger partial charge in [0, 0.05) is 11.7 Å². The minimum absolute atomic E-state index is 0.139. The Bertz CT molecular complexity index is 322. The van der Waals surface area contributed by atoms with E-state index in [2.05, 4.69) is 24.5 Å². The number of para-hydroxylation sites is 1. The van der Waals surface area contributed by atoms with Crippen molar-refractivity contribution in [2.75, 3.05) is 5.32 Å². The molecule has 88 valence electrons. The Kier molecular flexibility index (Phi) is 4.83. The van der Waals surface area contributed by atoms with Crippen molar-refractivity contribution in [3.8, 4) is 0 Å². The summed E-state index contributed by atoms with van der Waals surface area (Å²) in [6.07, 6.45) is 0.988. The van der Waals surface area contributed by atoms with E-state index < -0.39 is 0 Å². The van der Waals surface area contributed by atoms with E-state index in [0.717, 1.165) is 12.1 Å². The molecule has 0 saturated heterocycles. The Morgan fingerprint density at radius 3 is 2.38 bits per heavy atom. The first-order chi connectivity index (χ1) is 7.58. The van der Waals surface area contributed by atoms with Gasteiger partial charge in [-0.1, -0.05) is 32.0 Å². The van der Waals surface area contributed by atoms with Crippen LogP contribution in [0.5, 0.6) is 0 Å². The summed E-state index contributed by atoms with van der Waals surface area (Å²) in [6, 6.07) is 9.51. The van der Waals surface area contributed by atoms with E-state index in [1.54, 1.807) is 0 Å². The largest absolute Gasteiger partial charge is 0.335 e. The van der Waals surface area contributed by atoms with E-state index in [0.29, 0.717) is 5.92 Å². The molecule has 0 aliphatic carbocycles. The summed E-state index contributed by atoms with van der Waals surface area (Å²) in [6.45, 7) is 6.31. The highest BCUT2D eigenvalue weighted by Gasteiger charge is 2.08. The van der Waals surface area contributed by atoms with Gasteiger partial charge >= 0.3 is 6.03 Å². The molecule has 0 radical (unpaired) electrons. The van der Waals surface area contributed by atoms with E-state index in [1.807, 2.05) is 37.3 Å². The second-order valence-electron chi connectivity index (χ2n) is 4.50. The maximum atomic E-state index is 11.6.